The third-order valence-corrected chi connectivity index (χ3v) is 5.15. The minimum Gasteiger partial charge on any atom is -0.492 e. The second kappa shape index (κ2) is 7.80. The fraction of sp³-hybridized carbons (Fsp3) is 0.200. The van der Waals surface area contributed by atoms with Gasteiger partial charge in [0.05, 0.1) is 31.5 Å². The number of hydrogen-bond donors (Lipinski definition) is 1. The molecule has 2 rings (SSSR count). The number of ether oxygens (including phenoxy) is 1. The van der Waals surface area contributed by atoms with E-state index in [0.717, 1.165) is 5.56 Å². The van der Waals surface area contributed by atoms with Crippen LogP contribution in [0.25, 0.3) is 0 Å². The Labute approximate surface area is 136 Å². The SMILES string of the molecule is NCc1ccccc1OCCS(=O)c1c(Cl)cccc1Cl. The van der Waals surface area contributed by atoms with Gasteiger partial charge in [-0.3, -0.25) is 4.21 Å². The summed E-state index contributed by atoms with van der Waals surface area (Å²) >= 11 is 12.1. The molecule has 0 saturated heterocycles. The molecular weight excluding hydrogens is 329 g/mol. The maximum Gasteiger partial charge on any atom is 0.123 e. The van der Waals surface area contributed by atoms with Crippen LogP contribution >= 0.6 is 23.2 Å². The standard InChI is InChI=1S/C15H15Cl2NO2S/c16-12-5-3-6-13(17)15(12)21(19)9-8-20-14-7-2-1-4-11(14)10-18/h1-7H,8-10,18H2. The van der Waals surface area contributed by atoms with Crippen LogP contribution in [-0.4, -0.2) is 16.6 Å². The highest BCUT2D eigenvalue weighted by Crippen LogP contribution is 2.27. The molecule has 1 atom stereocenters. The van der Waals surface area contributed by atoms with Crippen LogP contribution in [0.1, 0.15) is 5.56 Å². The fourth-order valence-corrected chi connectivity index (χ4v) is 3.77. The van der Waals surface area contributed by atoms with E-state index in [1.807, 2.05) is 24.3 Å². The first-order valence-corrected chi connectivity index (χ1v) is 8.44. The Bertz CT molecular complexity index is 629. The molecule has 0 aliphatic carbocycles. The maximum absolute atomic E-state index is 12.3. The average Bonchev–Trinajstić information content (AvgIpc) is 2.47. The Kier molecular flexibility index (Phi) is 6.06. The number of para-hydroxylation sites is 1. The zero-order valence-corrected chi connectivity index (χ0v) is 13.5. The van der Waals surface area contributed by atoms with E-state index in [2.05, 4.69) is 0 Å². The highest BCUT2D eigenvalue weighted by atomic mass is 35.5. The van der Waals surface area contributed by atoms with Crippen LogP contribution in [0.3, 0.4) is 0 Å². The van der Waals surface area contributed by atoms with Crippen LogP contribution in [0.2, 0.25) is 10.0 Å². The molecular formula is C15H15Cl2NO2S. The van der Waals surface area contributed by atoms with Crippen molar-refractivity contribution in [1.29, 1.82) is 0 Å². The maximum atomic E-state index is 12.3. The molecule has 1 unspecified atom stereocenters. The van der Waals surface area contributed by atoms with Crippen molar-refractivity contribution in [3.63, 3.8) is 0 Å². The molecule has 2 N–H and O–H groups in total. The summed E-state index contributed by atoms with van der Waals surface area (Å²) in [5, 5.41) is 0.811. The van der Waals surface area contributed by atoms with Crippen molar-refractivity contribution in [3.8, 4) is 5.75 Å². The normalized spacial score (nSPS) is 12.1. The van der Waals surface area contributed by atoms with E-state index in [0.29, 0.717) is 39.6 Å². The lowest BCUT2D eigenvalue weighted by Gasteiger charge is -2.11. The Balaban J connectivity index is 1.99. The Morgan fingerprint density at radius 2 is 1.71 bits per heavy atom. The fourth-order valence-electron chi connectivity index (χ4n) is 1.84. The van der Waals surface area contributed by atoms with Gasteiger partial charge < -0.3 is 10.5 Å². The summed E-state index contributed by atoms with van der Waals surface area (Å²) in [4.78, 5) is 0.455. The molecule has 21 heavy (non-hydrogen) atoms. The number of hydrogen-bond acceptors (Lipinski definition) is 3. The van der Waals surface area contributed by atoms with Gasteiger partial charge >= 0.3 is 0 Å². The minimum absolute atomic E-state index is 0.297. The van der Waals surface area contributed by atoms with E-state index in [1.54, 1.807) is 18.2 Å². The largest absolute Gasteiger partial charge is 0.492 e. The Morgan fingerprint density at radius 1 is 1.05 bits per heavy atom. The predicted molar refractivity (Wildman–Crippen MR) is 87.6 cm³/mol. The molecule has 0 fully saturated rings. The first-order chi connectivity index (χ1) is 10.1. The molecule has 0 spiro atoms. The molecule has 0 bridgehead atoms. The zero-order valence-electron chi connectivity index (χ0n) is 11.2. The molecule has 6 heteroatoms. The molecule has 0 aliphatic heterocycles. The van der Waals surface area contributed by atoms with Crippen LogP contribution in [0.5, 0.6) is 5.75 Å². The third-order valence-electron chi connectivity index (χ3n) is 2.87. The van der Waals surface area contributed by atoms with Crippen LogP contribution in [0.15, 0.2) is 47.4 Å². The van der Waals surface area contributed by atoms with Gasteiger partial charge in [-0.2, -0.15) is 0 Å². The van der Waals surface area contributed by atoms with Crippen molar-refractivity contribution >= 4 is 34.0 Å². The highest BCUT2D eigenvalue weighted by molar-refractivity contribution is 7.85. The zero-order chi connectivity index (χ0) is 15.2. The molecule has 2 aromatic carbocycles. The quantitative estimate of drug-likeness (QED) is 0.870. The molecule has 3 nitrogen and oxygen atoms in total. The summed E-state index contributed by atoms with van der Waals surface area (Å²) in [6.45, 7) is 0.695. The number of nitrogens with two attached hydrogens (primary N) is 1. The van der Waals surface area contributed by atoms with E-state index in [9.17, 15) is 4.21 Å². The second-order valence-electron chi connectivity index (χ2n) is 4.26. The highest BCUT2D eigenvalue weighted by Gasteiger charge is 2.13. The van der Waals surface area contributed by atoms with Gasteiger partial charge in [-0.25, -0.2) is 0 Å². The lowest BCUT2D eigenvalue weighted by molar-refractivity contribution is 0.339. The van der Waals surface area contributed by atoms with Gasteiger partial charge in [0.2, 0.25) is 0 Å². The lowest BCUT2D eigenvalue weighted by Crippen LogP contribution is -2.11. The molecule has 0 aromatic heterocycles. The second-order valence-corrected chi connectivity index (χ2v) is 6.58. The Morgan fingerprint density at radius 3 is 2.38 bits per heavy atom. The van der Waals surface area contributed by atoms with Crippen LogP contribution in [-0.2, 0) is 17.3 Å². The van der Waals surface area contributed by atoms with E-state index in [4.69, 9.17) is 33.7 Å². The minimum atomic E-state index is -1.31. The summed E-state index contributed by atoms with van der Waals surface area (Å²) in [5.41, 5.74) is 6.55. The van der Waals surface area contributed by atoms with Gasteiger partial charge in [0.25, 0.3) is 0 Å². The average molecular weight is 344 g/mol. The van der Waals surface area contributed by atoms with Gasteiger partial charge in [-0.15, -0.1) is 0 Å². The smallest absolute Gasteiger partial charge is 0.123 e. The van der Waals surface area contributed by atoms with Crippen molar-refractivity contribution in [2.24, 2.45) is 5.73 Å². The van der Waals surface area contributed by atoms with Gasteiger partial charge in [0.1, 0.15) is 12.4 Å². The van der Waals surface area contributed by atoms with Crippen LogP contribution in [0, 0.1) is 0 Å². The first kappa shape index (κ1) is 16.3. The lowest BCUT2D eigenvalue weighted by atomic mass is 10.2. The summed E-state index contributed by atoms with van der Waals surface area (Å²) in [6.07, 6.45) is 0. The summed E-state index contributed by atoms with van der Waals surface area (Å²) in [7, 11) is -1.31. The van der Waals surface area contributed by atoms with E-state index >= 15 is 0 Å². The van der Waals surface area contributed by atoms with Crippen molar-refractivity contribution in [3.05, 3.63) is 58.1 Å². The molecule has 0 radical (unpaired) electrons. The van der Waals surface area contributed by atoms with Gasteiger partial charge in [-0.05, 0) is 18.2 Å². The van der Waals surface area contributed by atoms with Crippen molar-refractivity contribution in [2.45, 2.75) is 11.4 Å². The summed E-state index contributed by atoms with van der Waals surface area (Å²) in [5.74, 6) is 1.02. The number of halogens is 2. The van der Waals surface area contributed by atoms with Gasteiger partial charge in [0, 0.05) is 12.1 Å². The van der Waals surface area contributed by atoms with E-state index in [1.165, 1.54) is 0 Å². The van der Waals surface area contributed by atoms with Crippen LogP contribution in [0.4, 0.5) is 0 Å². The van der Waals surface area contributed by atoms with Gasteiger partial charge in [0.15, 0.2) is 0 Å². The third kappa shape index (κ3) is 4.20. The summed E-state index contributed by atoms with van der Waals surface area (Å²) in [6, 6.07) is 12.6. The topological polar surface area (TPSA) is 52.3 Å². The Hall–Kier alpha value is -1.07. The van der Waals surface area contributed by atoms with E-state index < -0.39 is 10.8 Å². The predicted octanol–water partition coefficient (Wildman–Crippen LogP) is 3.64. The van der Waals surface area contributed by atoms with Crippen molar-refractivity contribution < 1.29 is 8.95 Å². The molecule has 0 heterocycles. The van der Waals surface area contributed by atoms with Gasteiger partial charge in [-0.1, -0.05) is 47.5 Å². The molecule has 0 amide bonds. The number of benzene rings is 2. The molecule has 2 aromatic rings. The molecule has 0 aliphatic rings. The van der Waals surface area contributed by atoms with E-state index in [-0.39, 0.29) is 0 Å². The molecule has 0 saturated carbocycles. The summed E-state index contributed by atoms with van der Waals surface area (Å²) < 4.78 is 17.9. The monoisotopic (exact) mass is 343 g/mol. The van der Waals surface area contributed by atoms with Crippen molar-refractivity contribution in [1.82, 2.24) is 0 Å². The van der Waals surface area contributed by atoms with Crippen LogP contribution < -0.4 is 10.5 Å². The van der Waals surface area contributed by atoms with Crippen molar-refractivity contribution in [2.75, 3.05) is 12.4 Å². The molecule has 112 valence electrons. The number of rotatable bonds is 6. The first-order valence-electron chi connectivity index (χ1n) is 6.36.